The molecule has 128 valence electrons. The lowest BCUT2D eigenvalue weighted by Crippen LogP contribution is -2.37. The summed E-state index contributed by atoms with van der Waals surface area (Å²) in [6.07, 6.45) is -0.427. The van der Waals surface area contributed by atoms with Crippen LogP contribution in [-0.4, -0.2) is 5.91 Å². The van der Waals surface area contributed by atoms with Crippen LogP contribution in [0.1, 0.15) is 32.7 Å². The highest BCUT2D eigenvalue weighted by Gasteiger charge is 2.30. The van der Waals surface area contributed by atoms with Gasteiger partial charge >= 0.3 is 0 Å². The largest absolute Gasteiger partial charge is 0.457 e. The van der Waals surface area contributed by atoms with Crippen LogP contribution in [0.5, 0.6) is 0 Å². The molecular weight excluding hydrogens is 379 g/mol. The fourth-order valence-electron chi connectivity index (χ4n) is 2.86. The molecule has 1 aliphatic heterocycles. The lowest BCUT2D eigenvalue weighted by molar-refractivity contribution is 0.0931. The van der Waals surface area contributed by atoms with Gasteiger partial charge in [0.2, 0.25) is 0 Å². The van der Waals surface area contributed by atoms with E-state index in [2.05, 4.69) is 10.6 Å². The summed E-state index contributed by atoms with van der Waals surface area (Å²) in [5.74, 6) is 1.11. The van der Waals surface area contributed by atoms with Gasteiger partial charge in [0.25, 0.3) is 5.91 Å². The van der Waals surface area contributed by atoms with E-state index in [0.29, 0.717) is 32.7 Å². The van der Waals surface area contributed by atoms with Crippen molar-refractivity contribution in [2.75, 3.05) is 5.32 Å². The van der Waals surface area contributed by atoms with Crippen molar-refractivity contribution < 1.29 is 9.21 Å². The zero-order chi connectivity index (χ0) is 17.7. The molecule has 3 heterocycles. The van der Waals surface area contributed by atoms with E-state index in [1.54, 1.807) is 17.4 Å². The molecule has 1 amide bonds. The molecule has 3 aromatic rings. The zero-order valence-electron chi connectivity index (χ0n) is 13.4. The highest BCUT2D eigenvalue weighted by atomic mass is 35.5. The molecule has 4 rings (SSSR count). The van der Waals surface area contributed by atoms with E-state index < -0.39 is 6.17 Å². The maximum absolute atomic E-state index is 12.5. The van der Waals surface area contributed by atoms with Crippen molar-refractivity contribution >= 4 is 45.4 Å². The molecule has 7 heteroatoms. The Morgan fingerprint density at radius 3 is 2.72 bits per heavy atom. The van der Waals surface area contributed by atoms with Gasteiger partial charge in [0.05, 0.1) is 15.6 Å². The summed E-state index contributed by atoms with van der Waals surface area (Å²) in [6, 6.07) is 9.02. The standard InChI is InChI=1S/C18H14Cl2N2O2S/c1-8-9(2)25-18-14(8)17(23)21-16(22-18)13-7-6-12(24-13)10-4-3-5-11(19)15(10)20/h3-7,16,22H,1-2H3,(H,21,23)/t16-/m1/s1. The maximum Gasteiger partial charge on any atom is 0.256 e. The number of furan rings is 1. The first-order valence-electron chi connectivity index (χ1n) is 7.67. The first kappa shape index (κ1) is 16.5. The number of aryl methyl sites for hydroxylation is 1. The number of carbonyl (C=O) groups is 1. The Hall–Kier alpha value is -1.95. The quantitative estimate of drug-likeness (QED) is 0.580. The van der Waals surface area contributed by atoms with Crippen molar-refractivity contribution in [1.82, 2.24) is 5.32 Å². The van der Waals surface area contributed by atoms with Crippen molar-refractivity contribution in [3.63, 3.8) is 0 Å². The molecule has 0 saturated heterocycles. The minimum absolute atomic E-state index is 0.0978. The van der Waals surface area contributed by atoms with Crippen molar-refractivity contribution in [2.24, 2.45) is 0 Å². The van der Waals surface area contributed by atoms with Gasteiger partial charge in [-0.15, -0.1) is 11.3 Å². The molecule has 0 saturated carbocycles. The number of hydrogen-bond acceptors (Lipinski definition) is 4. The number of halogens is 2. The summed E-state index contributed by atoms with van der Waals surface area (Å²) in [7, 11) is 0. The summed E-state index contributed by atoms with van der Waals surface area (Å²) in [5, 5.41) is 8.04. The van der Waals surface area contributed by atoms with Crippen LogP contribution >= 0.6 is 34.5 Å². The van der Waals surface area contributed by atoms with Crippen LogP contribution in [0.2, 0.25) is 10.0 Å². The molecule has 1 aromatic carbocycles. The summed E-state index contributed by atoms with van der Waals surface area (Å²) in [4.78, 5) is 13.6. The third-order valence-electron chi connectivity index (χ3n) is 4.29. The highest BCUT2D eigenvalue weighted by molar-refractivity contribution is 7.16. The SMILES string of the molecule is Cc1sc2c(c1C)C(=O)N[C@@H](c1ccc(-c3cccc(Cl)c3Cl)o1)N2. The Morgan fingerprint density at radius 1 is 1.12 bits per heavy atom. The van der Waals surface area contributed by atoms with Crippen LogP contribution in [0, 0.1) is 13.8 Å². The number of nitrogens with one attached hydrogen (secondary N) is 2. The van der Waals surface area contributed by atoms with Crippen molar-refractivity contribution in [3.05, 3.63) is 62.1 Å². The molecular formula is C18H14Cl2N2O2S. The van der Waals surface area contributed by atoms with Crippen molar-refractivity contribution in [1.29, 1.82) is 0 Å². The second-order valence-electron chi connectivity index (χ2n) is 5.84. The summed E-state index contributed by atoms with van der Waals surface area (Å²) in [6.45, 7) is 3.97. The molecule has 25 heavy (non-hydrogen) atoms. The lowest BCUT2D eigenvalue weighted by atomic mass is 10.1. The van der Waals surface area contributed by atoms with E-state index >= 15 is 0 Å². The fraction of sp³-hybridized carbons (Fsp3) is 0.167. The van der Waals surface area contributed by atoms with Gasteiger partial charge < -0.3 is 15.1 Å². The first-order chi connectivity index (χ1) is 12.0. The topological polar surface area (TPSA) is 54.3 Å². The first-order valence-corrected chi connectivity index (χ1v) is 9.24. The number of rotatable bonds is 2. The average Bonchev–Trinajstić information content (AvgIpc) is 3.16. The van der Waals surface area contributed by atoms with E-state index in [1.807, 2.05) is 38.1 Å². The van der Waals surface area contributed by atoms with E-state index in [4.69, 9.17) is 27.6 Å². The molecule has 0 fully saturated rings. The lowest BCUT2D eigenvalue weighted by Gasteiger charge is -2.24. The predicted octanol–water partition coefficient (Wildman–Crippen LogP) is 5.79. The molecule has 0 aliphatic carbocycles. The summed E-state index contributed by atoms with van der Waals surface area (Å²) in [5.41, 5.74) is 2.43. The smallest absolute Gasteiger partial charge is 0.256 e. The molecule has 0 spiro atoms. The van der Waals surface area contributed by atoms with Gasteiger partial charge in [0.15, 0.2) is 6.17 Å². The second-order valence-corrected chi connectivity index (χ2v) is 7.85. The maximum atomic E-state index is 12.5. The molecule has 1 aliphatic rings. The Labute approximate surface area is 158 Å². The third kappa shape index (κ3) is 2.72. The Morgan fingerprint density at radius 2 is 1.92 bits per heavy atom. The summed E-state index contributed by atoms with van der Waals surface area (Å²) < 4.78 is 5.93. The predicted molar refractivity (Wildman–Crippen MR) is 102 cm³/mol. The number of fused-ring (bicyclic) bond motifs is 1. The number of hydrogen-bond donors (Lipinski definition) is 2. The molecule has 4 nitrogen and oxygen atoms in total. The molecule has 0 bridgehead atoms. The summed E-state index contributed by atoms with van der Waals surface area (Å²) >= 11 is 13.9. The van der Waals surface area contributed by atoms with E-state index in [1.165, 1.54) is 0 Å². The van der Waals surface area contributed by atoms with E-state index in [-0.39, 0.29) is 5.91 Å². The monoisotopic (exact) mass is 392 g/mol. The average molecular weight is 393 g/mol. The number of carbonyl (C=O) groups excluding carboxylic acids is 1. The van der Waals surface area contributed by atoms with E-state index in [9.17, 15) is 4.79 Å². The molecule has 0 radical (unpaired) electrons. The van der Waals surface area contributed by atoms with Gasteiger partial charge in [0, 0.05) is 10.4 Å². The van der Waals surface area contributed by atoms with Crippen LogP contribution in [0.25, 0.3) is 11.3 Å². The minimum Gasteiger partial charge on any atom is -0.457 e. The molecule has 1 atom stereocenters. The van der Waals surface area contributed by atoms with Gasteiger partial charge in [-0.2, -0.15) is 0 Å². The van der Waals surface area contributed by atoms with Crippen LogP contribution in [-0.2, 0) is 0 Å². The minimum atomic E-state index is -0.427. The number of anilines is 1. The Bertz CT molecular complexity index is 993. The van der Waals surface area contributed by atoms with Gasteiger partial charge in [-0.05, 0) is 43.7 Å². The Balaban J connectivity index is 1.67. The van der Waals surface area contributed by atoms with Gasteiger partial charge in [-0.25, -0.2) is 0 Å². The van der Waals surface area contributed by atoms with E-state index in [0.717, 1.165) is 15.4 Å². The van der Waals surface area contributed by atoms with Crippen LogP contribution in [0.4, 0.5) is 5.00 Å². The fourth-order valence-corrected chi connectivity index (χ4v) is 4.34. The third-order valence-corrected chi connectivity index (χ3v) is 6.25. The zero-order valence-corrected chi connectivity index (χ0v) is 15.8. The van der Waals surface area contributed by atoms with Gasteiger partial charge in [-0.1, -0.05) is 29.3 Å². The van der Waals surface area contributed by atoms with Crippen LogP contribution in [0.3, 0.4) is 0 Å². The van der Waals surface area contributed by atoms with Crippen LogP contribution in [0.15, 0.2) is 34.7 Å². The number of amides is 1. The number of benzene rings is 1. The second kappa shape index (κ2) is 6.09. The number of thiophene rings is 1. The van der Waals surface area contributed by atoms with Gasteiger partial charge in [-0.3, -0.25) is 4.79 Å². The normalized spacial score (nSPS) is 16.3. The molecule has 2 aromatic heterocycles. The molecule has 0 unspecified atom stereocenters. The van der Waals surface area contributed by atoms with Crippen LogP contribution < -0.4 is 10.6 Å². The Kier molecular flexibility index (Phi) is 4.02. The van der Waals surface area contributed by atoms with Crippen molar-refractivity contribution in [3.8, 4) is 11.3 Å². The highest BCUT2D eigenvalue weighted by Crippen LogP contribution is 2.39. The van der Waals surface area contributed by atoms with Crippen molar-refractivity contribution in [2.45, 2.75) is 20.0 Å². The van der Waals surface area contributed by atoms with Gasteiger partial charge in [0.1, 0.15) is 16.5 Å². The molecule has 2 N–H and O–H groups in total.